The summed E-state index contributed by atoms with van der Waals surface area (Å²) in [5.74, 6) is 2.07. The zero-order valence-corrected chi connectivity index (χ0v) is 13.1. The lowest BCUT2D eigenvalue weighted by molar-refractivity contribution is -0.00000483. The lowest BCUT2D eigenvalue weighted by atomic mass is 10.1. The van der Waals surface area contributed by atoms with E-state index in [9.17, 15) is 0 Å². The van der Waals surface area contributed by atoms with Crippen molar-refractivity contribution >= 4 is 0 Å². The molecule has 1 aliphatic carbocycles. The Morgan fingerprint density at radius 3 is 2.05 bits per heavy atom. The zero-order valence-electron chi connectivity index (χ0n) is 13.4. The minimum absolute atomic E-state index is 0. The molecule has 20 heavy (non-hydrogen) atoms. The van der Waals surface area contributed by atoms with Gasteiger partial charge in [0.25, 0.3) is 0 Å². The van der Waals surface area contributed by atoms with Gasteiger partial charge in [0.1, 0.15) is 0 Å². The topological polar surface area (TPSA) is 39.7 Å². The molecule has 0 saturated heterocycles. The van der Waals surface area contributed by atoms with Crippen molar-refractivity contribution in [1.29, 1.82) is 0 Å². The molecule has 0 atom stereocenters. The van der Waals surface area contributed by atoms with Crippen LogP contribution >= 0.6 is 0 Å². The molecule has 1 N–H and O–H groups in total. The normalized spacial score (nSPS) is 14.8. The second kappa shape index (κ2) is 8.22. The largest absolute Gasteiger partial charge is 1.00 e. The van der Waals surface area contributed by atoms with Gasteiger partial charge in [-0.15, -0.1) is 0 Å². The van der Waals surface area contributed by atoms with Gasteiger partial charge in [0.2, 0.25) is 5.75 Å². The molecule has 0 radical (unpaired) electrons. The van der Waals surface area contributed by atoms with Crippen LogP contribution in [-0.2, 0) is 6.54 Å². The summed E-state index contributed by atoms with van der Waals surface area (Å²) >= 11 is 0. The third kappa shape index (κ3) is 3.93. The maximum atomic E-state index is 5.36. The quantitative estimate of drug-likeness (QED) is 0.794. The molecule has 1 saturated carbocycles. The number of halogens is 1. The average Bonchev–Trinajstić information content (AvgIpc) is 2.97. The van der Waals surface area contributed by atoms with Gasteiger partial charge in [0.15, 0.2) is 11.5 Å². The van der Waals surface area contributed by atoms with E-state index >= 15 is 0 Å². The second-order valence-corrected chi connectivity index (χ2v) is 4.90. The molecular weight excluding hydrogens is 278 g/mol. The summed E-state index contributed by atoms with van der Waals surface area (Å²) in [6.07, 6.45) is 5.24. The summed E-state index contributed by atoms with van der Waals surface area (Å²) in [5.41, 5.74) is 1.15. The summed E-state index contributed by atoms with van der Waals surface area (Å²) < 4.78 is 16.0. The van der Waals surface area contributed by atoms with Gasteiger partial charge in [-0.05, 0) is 30.5 Å². The van der Waals surface area contributed by atoms with Crippen molar-refractivity contribution in [2.24, 2.45) is 0 Å². The Hall–Kier alpha value is -1.13. The van der Waals surface area contributed by atoms with E-state index in [1.807, 2.05) is 12.1 Å². The zero-order chi connectivity index (χ0) is 13.7. The van der Waals surface area contributed by atoms with Crippen LogP contribution in [-0.4, -0.2) is 27.4 Å². The van der Waals surface area contributed by atoms with Gasteiger partial charge in [-0.2, -0.15) is 0 Å². The molecular formula is C15H24ClNO3. The minimum Gasteiger partial charge on any atom is -1.00 e. The summed E-state index contributed by atoms with van der Waals surface area (Å²) in [6.45, 7) is 0.835. The number of benzene rings is 1. The van der Waals surface area contributed by atoms with Crippen LogP contribution in [0.1, 0.15) is 32.7 Å². The van der Waals surface area contributed by atoms with Crippen LogP contribution in [0.2, 0.25) is 0 Å². The highest BCUT2D eigenvalue weighted by molar-refractivity contribution is 5.53. The highest BCUT2D eigenvalue weighted by Crippen LogP contribution is 2.38. The van der Waals surface area contributed by atoms with Gasteiger partial charge in [-0.3, -0.25) is 0 Å². The van der Waals surface area contributed by atoms with Gasteiger partial charge >= 0.3 is 1.43 Å². The smallest absolute Gasteiger partial charge is 1.00 e. The number of hydrogen-bond acceptors (Lipinski definition) is 4. The third-order valence-electron chi connectivity index (χ3n) is 3.67. The fourth-order valence-corrected chi connectivity index (χ4v) is 2.63. The molecule has 2 rings (SSSR count). The number of methoxy groups -OCH3 is 3. The first-order valence-electron chi connectivity index (χ1n) is 6.80. The Kier molecular flexibility index (Phi) is 6.96. The molecule has 0 aliphatic heterocycles. The van der Waals surface area contributed by atoms with Gasteiger partial charge in [-0.25, -0.2) is 0 Å². The molecule has 0 amide bonds. The predicted molar refractivity (Wildman–Crippen MR) is 76.3 cm³/mol. The molecule has 1 aliphatic rings. The van der Waals surface area contributed by atoms with Crippen LogP contribution in [0.4, 0.5) is 0 Å². The van der Waals surface area contributed by atoms with Crippen LogP contribution in [0.15, 0.2) is 12.1 Å². The Balaban J connectivity index is 0.00000200. The number of hydrogen-bond donors (Lipinski definition) is 1. The standard InChI is InChI=1S/C15H23NO3.ClH/c1-17-13-8-11(9-14(18-2)15(13)19-3)10-16-12-6-4-5-7-12;/h8-9,12,16H,4-7,10H2,1-3H3;1H. The van der Waals surface area contributed by atoms with Crippen molar-refractivity contribution in [3.8, 4) is 17.2 Å². The molecule has 0 aromatic heterocycles. The molecule has 0 bridgehead atoms. The molecule has 0 spiro atoms. The summed E-state index contributed by atoms with van der Waals surface area (Å²) in [7, 11) is 4.91. The maximum Gasteiger partial charge on any atom is 1.00 e. The van der Waals surface area contributed by atoms with Crippen molar-refractivity contribution in [2.75, 3.05) is 21.3 Å². The molecule has 1 aromatic carbocycles. The van der Waals surface area contributed by atoms with E-state index in [1.54, 1.807) is 21.3 Å². The molecule has 4 nitrogen and oxygen atoms in total. The Labute approximate surface area is 128 Å². The van der Waals surface area contributed by atoms with Gasteiger partial charge < -0.3 is 31.9 Å². The van der Waals surface area contributed by atoms with Crippen LogP contribution in [0, 0.1) is 0 Å². The second-order valence-electron chi connectivity index (χ2n) is 4.90. The maximum absolute atomic E-state index is 5.36. The van der Waals surface area contributed by atoms with Crippen LogP contribution in [0.3, 0.4) is 0 Å². The monoisotopic (exact) mass is 301 g/mol. The van der Waals surface area contributed by atoms with E-state index in [1.165, 1.54) is 25.7 Å². The SMILES string of the molecule is COc1cc(CNC2CCCC2)cc(OC)c1OC.[Cl-].[H+]. The lowest BCUT2D eigenvalue weighted by Crippen LogP contribution is -3.00. The van der Waals surface area contributed by atoms with E-state index in [0.717, 1.165) is 12.1 Å². The third-order valence-corrected chi connectivity index (χ3v) is 3.67. The summed E-state index contributed by atoms with van der Waals surface area (Å²) in [4.78, 5) is 0. The molecule has 0 unspecified atom stereocenters. The van der Waals surface area contributed by atoms with Crippen molar-refractivity contribution in [2.45, 2.75) is 38.3 Å². The van der Waals surface area contributed by atoms with E-state index in [2.05, 4.69) is 5.32 Å². The van der Waals surface area contributed by atoms with E-state index in [-0.39, 0.29) is 13.8 Å². The molecule has 1 fully saturated rings. The van der Waals surface area contributed by atoms with E-state index in [4.69, 9.17) is 14.2 Å². The Morgan fingerprint density at radius 1 is 1.05 bits per heavy atom. The molecule has 114 valence electrons. The van der Waals surface area contributed by atoms with E-state index < -0.39 is 0 Å². The van der Waals surface area contributed by atoms with Crippen molar-refractivity contribution in [3.05, 3.63) is 17.7 Å². The Bertz CT molecular complexity index is 400. The number of nitrogens with one attached hydrogen (secondary N) is 1. The first-order chi connectivity index (χ1) is 9.28. The van der Waals surface area contributed by atoms with Crippen LogP contribution in [0.25, 0.3) is 0 Å². The number of rotatable bonds is 6. The lowest BCUT2D eigenvalue weighted by Gasteiger charge is -2.16. The van der Waals surface area contributed by atoms with Gasteiger partial charge in [-0.1, -0.05) is 12.8 Å². The molecule has 5 heteroatoms. The average molecular weight is 302 g/mol. The van der Waals surface area contributed by atoms with Gasteiger partial charge in [0, 0.05) is 12.6 Å². The highest BCUT2D eigenvalue weighted by Gasteiger charge is 2.16. The summed E-state index contributed by atoms with van der Waals surface area (Å²) in [6, 6.07) is 4.66. The van der Waals surface area contributed by atoms with Gasteiger partial charge in [0.05, 0.1) is 21.3 Å². The first-order valence-corrected chi connectivity index (χ1v) is 6.80. The molecule has 1 aromatic rings. The number of ether oxygens (including phenoxy) is 3. The predicted octanol–water partition coefficient (Wildman–Crippen LogP) is -0.139. The van der Waals surface area contributed by atoms with Crippen molar-refractivity contribution in [3.63, 3.8) is 0 Å². The van der Waals surface area contributed by atoms with E-state index in [0.29, 0.717) is 23.3 Å². The van der Waals surface area contributed by atoms with Crippen molar-refractivity contribution < 1.29 is 28.0 Å². The highest BCUT2D eigenvalue weighted by atomic mass is 35.5. The Morgan fingerprint density at radius 2 is 1.60 bits per heavy atom. The first kappa shape index (κ1) is 16.9. The minimum atomic E-state index is 0. The van der Waals surface area contributed by atoms with Crippen LogP contribution < -0.4 is 31.9 Å². The summed E-state index contributed by atoms with van der Waals surface area (Å²) in [5, 5.41) is 3.59. The fraction of sp³-hybridized carbons (Fsp3) is 0.600. The van der Waals surface area contributed by atoms with Crippen molar-refractivity contribution in [1.82, 2.24) is 5.32 Å². The van der Waals surface area contributed by atoms with Crippen LogP contribution in [0.5, 0.6) is 17.2 Å². The fourth-order valence-electron chi connectivity index (χ4n) is 2.63. The molecule has 0 heterocycles.